The Labute approximate surface area is 120 Å². The van der Waals surface area contributed by atoms with Crippen molar-refractivity contribution in [2.45, 2.75) is 25.5 Å². The Morgan fingerprint density at radius 2 is 2.37 bits per heavy atom. The molecule has 19 heavy (non-hydrogen) atoms. The monoisotopic (exact) mass is 281 g/mol. The van der Waals surface area contributed by atoms with E-state index < -0.39 is 0 Å². The van der Waals surface area contributed by atoms with E-state index in [9.17, 15) is 0 Å². The predicted molar refractivity (Wildman–Crippen MR) is 81.3 cm³/mol. The number of rotatable bonds is 5. The van der Waals surface area contributed by atoms with E-state index in [2.05, 4.69) is 24.4 Å². The molecule has 1 N–H and O–H groups in total. The summed E-state index contributed by atoms with van der Waals surface area (Å²) in [5.74, 6) is 3.15. The van der Waals surface area contributed by atoms with Crippen LogP contribution in [0.5, 0.6) is 5.75 Å². The van der Waals surface area contributed by atoms with E-state index in [1.54, 1.807) is 7.11 Å². The van der Waals surface area contributed by atoms with Gasteiger partial charge in [0.1, 0.15) is 5.75 Å². The van der Waals surface area contributed by atoms with Crippen LogP contribution in [0.25, 0.3) is 0 Å². The van der Waals surface area contributed by atoms with E-state index in [4.69, 9.17) is 9.47 Å². The summed E-state index contributed by atoms with van der Waals surface area (Å²) in [5.41, 5.74) is 2.52. The first kappa shape index (κ1) is 14.7. The van der Waals surface area contributed by atoms with E-state index in [1.807, 2.05) is 24.9 Å². The highest BCUT2D eigenvalue weighted by Gasteiger charge is 2.24. The van der Waals surface area contributed by atoms with Crippen LogP contribution in [0.15, 0.2) is 18.2 Å². The Hall–Kier alpha value is -0.710. The minimum atomic E-state index is 0.286. The van der Waals surface area contributed by atoms with Gasteiger partial charge in [-0.05, 0) is 32.0 Å². The number of nitrogens with one attached hydrogen (secondary N) is 1. The number of thioether (sulfide) groups is 1. The third-order valence-electron chi connectivity index (χ3n) is 3.54. The van der Waals surface area contributed by atoms with Gasteiger partial charge in [-0.25, -0.2) is 0 Å². The Balaban J connectivity index is 2.10. The zero-order valence-corrected chi connectivity index (χ0v) is 12.8. The summed E-state index contributed by atoms with van der Waals surface area (Å²) < 4.78 is 11.3. The molecule has 106 valence electrons. The van der Waals surface area contributed by atoms with Crippen molar-refractivity contribution < 1.29 is 9.47 Å². The molecule has 2 atom stereocenters. The average Bonchev–Trinajstić information content (AvgIpc) is 2.46. The van der Waals surface area contributed by atoms with Gasteiger partial charge in [0, 0.05) is 17.5 Å². The first-order valence-electron chi connectivity index (χ1n) is 6.74. The minimum Gasteiger partial charge on any atom is -0.496 e. The predicted octanol–water partition coefficient (Wildman–Crippen LogP) is 2.27. The fraction of sp³-hybridized carbons (Fsp3) is 0.600. The van der Waals surface area contributed by atoms with Crippen LogP contribution < -0.4 is 10.1 Å². The van der Waals surface area contributed by atoms with Crippen molar-refractivity contribution in [3.63, 3.8) is 0 Å². The smallest absolute Gasteiger partial charge is 0.122 e. The van der Waals surface area contributed by atoms with E-state index in [0.29, 0.717) is 6.04 Å². The second kappa shape index (κ2) is 7.17. The second-order valence-electron chi connectivity index (χ2n) is 4.90. The number of likely N-dealkylation sites (N-methyl/N-ethyl adjacent to an activating group) is 1. The minimum absolute atomic E-state index is 0.286. The summed E-state index contributed by atoms with van der Waals surface area (Å²) in [6.07, 6.45) is 1.22. The maximum absolute atomic E-state index is 5.88. The molecule has 0 saturated carbocycles. The molecule has 0 bridgehead atoms. The molecule has 0 aliphatic carbocycles. The molecule has 0 amide bonds. The van der Waals surface area contributed by atoms with Crippen molar-refractivity contribution in [3.05, 3.63) is 29.3 Å². The zero-order valence-electron chi connectivity index (χ0n) is 11.9. The summed E-state index contributed by atoms with van der Waals surface area (Å²) in [7, 11) is 3.74. The lowest BCUT2D eigenvalue weighted by Gasteiger charge is -2.30. The molecular formula is C15H23NO2S. The summed E-state index contributed by atoms with van der Waals surface area (Å²) in [6.45, 7) is 2.97. The lowest BCUT2D eigenvalue weighted by atomic mass is 9.99. The second-order valence-corrected chi connectivity index (χ2v) is 6.05. The molecule has 0 spiro atoms. The zero-order chi connectivity index (χ0) is 13.7. The van der Waals surface area contributed by atoms with Crippen LogP contribution >= 0.6 is 11.8 Å². The molecule has 1 aromatic rings. The van der Waals surface area contributed by atoms with Gasteiger partial charge in [-0.1, -0.05) is 17.7 Å². The molecule has 1 fully saturated rings. The van der Waals surface area contributed by atoms with Gasteiger partial charge in [0.15, 0.2) is 0 Å². The quantitative estimate of drug-likeness (QED) is 0.897. The Kier molecular flexibility index (Phi) is 5.55. The maximum atomic E-state index is 5.88. The standard InChI is InChI=1S/C15H23NO2S/c1-11-4-5-14(17-3)12(8-11)9-13(16-2)15-10-19-7-6-18-15/h4-5,8,13,15-16H,6-7,9-10H2,1-3H3. The highest BCUT2D eigenvalue weighted by atomic mass is 32.2. The number of hydrogen-bond acceptors (Lipinski definition) is 4. The maximum Gasteiger partial charge on any atom is 0.122 e. The van der Waals surface area contributed by atoms with Crippen LogP contribution in [0.4, 0.5) is 0 Å². The molecule has 2 rings (SSSR count). The van der Waals surface area contributed by atoms with Gasteiger partial charge in [-0.15, -0.1) is 0 Å². The lowest BCUT2D eigenvalue weighted by Crippen LogP contribution is -2.44. The largest absolute Gasteiger partial charge is 0.496 e. The molecule has 4 heteroatoms. The van der Waals surface area contributed by atoms with Gasteiger partial charge < -0.3 is 14.8 Å². The fourth-order valence-electron chi connectivity index (χ4n) is 2.46. The highest BCUT2D eigenvalue weighted by molar-refractivity contribution is 7.99. The molecule has 1 aromatic carbocycles. The van der Waals surface area contributed by atoms with Crippen molar-refractivity contribution in [2.24, 2.45) is 0 Å². The molecule has 0 radical (unpaired) electrons. The van der Waals surface area contributed by atoms with Crippen molar-refractivity contribution in [2.75, 3.05) is 32.3 Å². The summed E-state index contributed by atoms with van der Waals surface area (Å²) in [6, 6.07) is 6.68. The van der Waals surface area contributed by atoms with Crippen molar-refractivity contribution >= 4 is 11.8 Å². The third-order valence-corrected chi connectivity index (χ3v) is 4.56. The lowest BCUT2D eigenvalue weighted by molar-refractivity contribution is 0.0491. The molecule has 0 aromatic heterocycles. The molecule has 1 aliphatic rings. The molecule has 3 nitrogen and oxygen atoms in total. The number of benzene rings is 1. The average molecular weight is 281 g/mol. The first-order valence-corrected chi connectivity index (χ1v) is 7.90. The van der Waals surface area contributed by atoms with Crippen LogP contribution in [-0.2, 0) is 11.2 Å². The van der Waals surface area contributed by atoms with Gasteiger partial charge >= 0.3 is 0 Å². The van der Waals surface area contributed by atoms with E-state index in [0.717, 1.165) is 30.3 Å². The molecule has 2 unspecified atom stereocenters. The number of ether oxygens (including phenoxy) is 2. The fourth-order valence-corrected chi connectivity index (χ4v) is 3.40. The number of hydrogen-bond donors (Lipinski definition) is 1. The van der Waals surface area contributed by atoms with Gasteiger partial charge in [0.05, 0.1) is 19.8 Å². The summed E-state index contributed by atoms with van der Waals surface area (Å²) >= 11 is 1.97. The van der Waals surface area contributed by atoms with E-state index >= 15 is 0 Å². The highest BCUT2D eigenvalue weighted by Crippen LogP contribution is 2.24. The van der Waals surface area contributed by atoms with Gasteiger partial charge in [-0.2, -0.15) is 11.8 Å². The van der Waals surface area contributed by atoms with E-state index in [-0.39, 0.29) is 6.10 Å². The van der Waals surface area contributed by atoms with Crippen LogP contribution in [0.2, 0.25) is 0 Å². The Bertz CT molecular complexity index is 405. The van der Waals surface area contributed by atoms with Crippen molar-refractivity contribution in [3.8, 4) is 5.75 Å². The number of methoxy groups -OCH3 is 1. The Morgan fingerprint density at radius 1 is 1.53 bits per heavy atom. The molecule has 1 saturated heterocycles. The Morgan fingerprint density at radius 3 is 3.00 bits per heavy atom. The van der Waals surface area contributed by atoms with Crippen LogP contribution in [0.3, 0.4) is 0 Å². The van der Waals surface area contributed by atoms with Crippen LogP contribution in [-0.4, -0.2) is 44.4 Å². The molecule has 1 heterocycles. The molecule has 1 aliphatic heterocycles. The topological polar surface area (TPSA) is 30.5 Å². The third kappa shape index (κ3) is 3.88. The van der Waals surface area contributed by atoms with Gasteiger partial charge in [0.25, 0.3) is 0 Å². The van der Waals surface area contributed by atoms with Crippen LogP contribution in [0, 0.1) is 6.92 Å². The van der Waals surface area contributed by atoms with Gasteiger partial charge in [0.2, 0.25) is 0 Å². The van der Waals surface area contributed by atoms with Gasteiger partial charge in [-0.3, -0.25) is 0 Å². The normalized spacial score (nSPS) is 21.1. The van der Waals surface area contributed by atoms with Crippen molar-refractivity contribution in [1.82, 2.24) is 5.32 Å². The first-order chi connectivity index (χ1) is 9.24. The van der Waals surface area contributed by atoms with Crippen LogP contribution in [0.1, 0.15) is 11.1 Å². The summed E-state index contributed by atoms with van der Waals surface area (Å²) in [4.78, 5) is 0. The number of aryl methyl sites for hydroxylation is 1. The molecular weight excluding hydrogens is 258 g/mol. The summed E-state index contributed by atoms with van der Waals surface area (Å²) in [5, 5.41) is 3.40. The SMILES string of the molecule is CNC(Cc1cc(C)ccc1OC)C1CSCCO1. The van der Waals surface area contributed by atoms with E-state index in [1.165, 1.54) is 11.1 Å². The van der Waals surface area contributed by atoms with Crippen molar-refractivity contribution in [1.29, 1.82) is 0 Å².